The Labute approximate surface area is 122 Å². The van der Waals surface area contributed by atoms with Gasteiger partial charge >= 0.3 is 5.97 Å². The van der Waals surface area contributed by atoms with E-state index in [-0.39, 0.29) is 23.7 Å². The average Bonchev–Trinajstić information content (AvgIpc) is 2.81. The number of ether oxygens (including phenoxy) is 2. The lowest BCUT2D eigenvalue weighted by atomic mass is 10.1. The number of anilines is 1. The predicted octanol–water partition coefficient (Wildman–Crippen LogP) is 2.36. The van der Waals surface area contributed by atoms with Gasteiger partial charge < -0.3 is 14.8 Å². The van der Waals surface area contributed by atoms with Crippen molar-refractivity contribution in [3.05, 3.63) is 10.6 Å². The predicted molar refractivity (Wildman–Crippen MR) is 77.7 cm³/mol. The summed E-state index contributed by atoms with van der Waals surface area (Å²) in [4.78, 5) is 27.8. The van der Waals surface area contributed by atoms with Crippen LogP contribution in [0.25, 0.3) is 0 Å². The van der Waals surface area contributed by atoms with Gasteiger partial charge in [0.15, 0.2) is 16.6 Å². The molecule has 1 N–H and O–H groups in total. The molecule has 0 aromatic carbocycles. The third kappa shape index (κ3) is 4.28. The van der Waals surface area contributed by atoms with Gasteiger partial charge in [0.25, 0.3) is 0 Å². The highest BCUT2D eigenvalue weighted by Crippen LogP contribution is 2.25. The molecule has 0 atom stereocenters. The number of thiazole rings is 1. The minimum atomic E-state index is -0.576. The van der Waals surface area contributed by atoms with Crippen molar-refractivity contribution in [1.29, 1.82) is 0 Å². The second-order valence-corrected chi connectivity index (χ2v) is 5.79. The van der Waals surface area contributed by atoms with Gasteiger partial charge in [-0.3, -0.25) is 4.79 Å². The summed E-state index contributed by atoms with van der Waals surface area (Å²) in [5.41, 5.74) is -0.298. The standard InChI is InChI=1S/C13H20N2O4S/c1-6-19-11(17)9-10(8(2)16)20-12(15-9)14-7-13(3,4)18-5/h6-7H2,1-5H3,(H,14,15). The lowest BCUT2D eigenvalue weighted by Crippen LogP contribution is -2.32. The number of ketones is 1. The molecular weight excluding hydrogens is 280 g/mol. The maximum absolute atomic E-state index is 11.8. The molecule has 0 amide bonds. The molecule has 0 aliphatic heterocycles. The Balaban J connectivity index is 2.92. The molecule has 0 radical (unpaired) electrons. The van der Waals surface area contributed by atoms with E-state index in [1.165, 1.54) is 6.92 Å². The molecule has 0 saturated heterocycles. The van der Waals surface area contributed by atoms with Crippen LogP contribution in [0.4, 0.5) is 5.13 Å². The highest BCUT2D eigenvalue weighted by molar-refractivity contribution is 7.17. The molecule has 0 spiro atoms. The van der Waals surface area contributed by atoms with Crippen LogP contribution in [-0.4, -0.2) is 42.6 Å². The van der Waals surface area contributed by atoms with Gasteiger partial charge in [-0.2, -0.15) is 0 Å². The summed E-state index contributed by atoms with van der Waals surface area (Å²) in [6.45, 7) is 7.71. The number of esters is 1. The second-order valence-electron chi connectivity index (χ2n) is 4.79. The Morgan fingerprint density at radius 1 is 1.40 bits per heavy atom. The van der Waals surface area contributed by atoms with Crippen LogP contribution in [0.5, 0.6) is 0 Å². The zero-order chi connectivity index (χ0) is 15.3. The zero-order valence-electron chi connectivity index (χ0n) is 12.4. The Morgan fingerprint density at radius 3 is 2.55 bits per heavy atom. The number of nitrogens with zero attached hydrogens (tertiary/aromatic N) is 1. The van der Waals surface area contributed by atoms with Gasteiger partial charge in [-0.15, -0.1) is 0 Å². The van der Waals surface area contributed by atoms with Crippen LogP contribution in [-0.2, 0) is 9.47 Å². The first kappa shape index (κ1) is 16.6. The van der Waals surface area contributed by atoms with Crippen molar-refractivity contribution < 1.29 is 19.1 Å². The zero-order valence-corrected chi connectivity index (χ0v) is 13.2. The number of hydrogen-bond donors (Lipinski definition) is 1. The van der Waals surface area contributed by atoms with Crippen molar-refractivity contribution >= 4 is 28.2 Å². The quantitative estimate of drug-likeness (QED) is 0.615. The third-order valence-corrected chi connectivity index (χ3v) is 3.75. The minimum absolute atomic E-state index is 0.0714. The molecule has 0 aliphatic carbocycles. The van der Waals surface area contributed by atoms with Gasteiger partial charge in [0.1, 0.15) is 4.88 Å². The first-order valence-corrected chi connectivity index (χ1v) is 7.10. The fourth-order valence-corrected chi connectivity index (χ4v) is 2.18. The Bertz CT molecular complexity index is 497. The fraction of sp³-hybridized carbons (Fsp3) is 0.615. The van der Waals surface area contributed by atoms with Gasteiger partial charge in [0.2, 0.25) is 0 Å². The summed E-state index contributed by atoms with van der Waals surface area (Å²) in [5.74, 6) is -0.780. The number of methoxy groups -OCH3 is 1. The van der Waals surface area contributed by atoms with Gasteiger partial charge in [-0.05, 0) is 20.8 Å². The lowest BCUT2D eigenvalue weighted by molar-refractivity contribution is 0.0344. The normalized spacial score (nSPS) is 11.2. The van der Waals surface area contributed by atoms with E-state index in [0.717, 1.165) is 11.3 Å². The molecule has 1 rings (SSSR count). The molecule has 0 unspecified atom stereocenters. The van der Waals surface area contributed by atoms with E-state index in [2.05, 4.69) is 10.3 Å². The topological polar surface area (TPSA) is 77.5 Å². The lowest BCUT2D eigenvalue weighted by Gasteiger charge is -2.22. The molecular formula is C13H20N2O4S. The largest absolute Gasteiger partial charge is 0.461 e. The van der Waals surface area contributed by atoms with Crippen LogP contribution >= 0.6 is 11.3 Å². The van der Waals surface area contributed by atoms with Crippen molar-refractivity contribution in [2.24, 2.45) is 0 Å². The molecule has 7 heteroatoms. The Kier molecular flexibility index (Phi) is 5.64. The van der Waals surface area contributed by atoms with E-state index in [0.29, 0.717) is 16.6 Å². The molecule has 0 saturated carbocycles. The highest BCUT2D eigenvalue weighted by atomic mass is 32.1. The Hall–Kier alpha value is -1.47. The SMILES string of the molecule is CCOC(=O)c1nc(NCC(C)(C)OC)sc1C(C)=O. The van der Waals surface area contributed by atoms with Crippen molar-refractivity contribution in [2.45, 2.75) is 33.3 Å². The molecule has 1 heterocycles. The van der Waals surface area contributed by atoms with Crippen molar-refractivity contribution in [3.8, 4) is 0 Å². The van der Waals surface area contributed by atoms with E-state index in [4.69, 9.17) is 9.47 Å². The van der Waals surface area contributed by atoms with E-state index in [1.807, 2.05) is 13.8 Å². The third-order valence-electron chi connectivity index (χ3n) is 2.63. The first-order chi connectivity index (χ1) is 9.30. The van der Waals surface area contributed by atoms with Crippen LogP contribution in [0.3, 0.4) is 0 Å². The van der Waals surface area contributed by atoms with E-state index in [9.17, 15) is 9.59 Å². The molecule has 112 valence electrons. The smallest absolute Gasteiger partial charge is 0.358 e. The molecule has 1 aromatic heterocycles. The molecule has 0 aliphatic rings. The number of carbonyl (C=O) groups excluding carboxylic acids is 2. The fourth-order valence-electron chi connectivity index (χ4n) is 1.33. The molecule has 1 aromatic rings. The summed E-state index contributed by atoms with van der Waals surface area (Å²) in [7, 11) is 1.62. The number of Topliss-reactive ketones (excluding diaryl/α,β-unsaturated/α-hetero) is 1. The maximum atomic E-state index is 11.8. The summed E-state index contributed by atoms with van der Waals surface area (Å²) in [6, 6.07) is 0. The number of hydrogen-bond acceptors (Lipinski definition) is 7. The average molecular weight is 300 g/mol. The monoisotopic (exact) mass is 300 g/mol. The van der Waals surface area contributed by atoms with Crippen LogP contribution in [0.1, 0.15) is 47.9 Å². The van der Waals surface area contributed by atoms with Gasteiger partial charge in [-0.1, -0.05) is 11.3 Å². The van der Waals surface area contributed by atoms with E-state index < -0.39 is 5.97 Å². The molecule has 0 bridgehead atoms. The highest BCUT2D eigenvalue weighted by Gasteiger charge is 2.23. The number of rotatable bonds is 7. The van der Waals surface area contributed by atoms with Gasteiger partial charge in [-0.25, -0.2) is 9.78 Å². The van der Waals surface area contributed by atoms with Crippen molar-refractivity contribution in [1.82, 2.24) is 4.98 Å². The van der Waals surface area contributed by atoms with Gasteiger partial charge in [0.05, 0.1) is 12.2 Å². The second kappa shape index (κ2) is 6.81. The van der Waals surface area contributed by atoms with Crippen LogP contribution in [0, 0.1) is 0 Å². The summed E-state index contributed by atoms with van der Waals surface area (Å²) < 4.78 is 10.2. The minimum Gasteiger partial charge on any atom is -0.461 e. The molecule has 20 heavy (non-hydrogen) atoms. The number of aromatic nitrogens is 1. The van der Waals surface area contributed by atoms with Crippen molar-refractivity contribution in [3.63, 3.8) is 0 Å². The molecule has 0 fully saturated rings. The van der Waals surface area contributed by atoms with E-state index >= 15 is 0 Å². The van der Waals surface area contributed by atoms with Crippen LogP contribution < -0.4 is 5.32 Å². The van der Waals surface area contributed by atoms with Crippen molar-refractivity contribution in [2.75, 3.05) is 25.6 Å². The summed E-state index contributed by atoms with van der Waals surface area (Å²) >= 11 is 1.14. The van der Waals surface area contributed by atoms with Crippen LogP contribution in [0.2, 0.25) is 0 Å². The first-order valence-electron chi connectivity index (χ1n) is 6.28. The molecule has 6 nitrogen and oxygen atoms in total. The summed E-state index contributed by atoms with van der Waals surface area (Å²) in [5, 5.41) is 3.57. The number of nitrogens with one attached hydrogen (secondary N) is 1. The van der Waals surface area contributed by atoms with Gasteiger partial charge in [0, 0.05) is 20.6 Å². The Morgan fingerprint density at radius 2 is 2.05 bits per heavy atom. The maximum Gasteiger partial charge on any atom is 0.358 e. The van der Waals surface area contributed by atoms with E-state index in [1.54, 1.807) is 14.0 Å². The number of carbonyl (C=O) groups is 2. The van der Waals surface area contributed by atoms with Crippen LogP contribution in [0.15, 0.2) is 0 Å². The summed E-state index contributed by atoms with van der Waals surface area (Å²) in [6.07, 6.45) is 0.